The maximum Gasteiger partial charge on any atom is 0.602 e. The zero-order chi connectivity index (χ0) is 23.1. The largest absolute Gasteiger partial charge is 0.602 e. The molecule has 1 fully saturated rings. The quantitative estimate of drug-likeness (QED) is 0.580. The predicted octanol–water partition coefficient (Wildman–Crippen LogP) is 3.09. The lowest BCUT2D eigenvalue weighted by Crippen LogP contribution is -2.43. The molecule has 11 heteroatoms. The average Bonchev–Trinajstić information content (AvgIpc) is 2.69. The lowest BCUT2D eigenvalue weighted by Gasteiger charge is -2.27. The van der Waals surface area contributed by atoms with Crippen LogP contribution >= 0.6 is 23.2 Å². The predicted molar refractivity (Wildman–Crippen MR) is 115 cm³/mol. The number of ether oxygens (including phenoxy) is 1. The molecule has 0 unspecified atom stereocenters. The van der Waals surface area contributed by atoms with Crippen LogP contribution < -0.4 is 5.32 Å². The minimum atomic E-state index is -1.21. The number of hydrogen-bond donors (Lipinski definition) is 1. The topological polar surface area (TPSA) is 108 Å². The van der Waals surface area contributed by atoms with Crippen LogP contribution in [-0.2, 0) is 28.4 Å². The molecule has 8 nitrogen and oxygen atoms in total. The van der Waals surface area contributed by atoms with Crippen molar-refractivity contribution in [3.8, 4) is 0 Å². The van der Waals surface area contributed by atoms with Crippen LogP contribution in [0.2, 0.25) is 15.9 Å². The zero-order valence-electron chi connectivity index (χ0n) is 17.5. The van der Waals surface area contributed by atoms with E-state index in [9.17, 15) is 19.2 Å². The van der Waals surface area contributed by atoms with E-state index in [1.54, 1.807) is 6.07 Å². The number of rotatable bonds is 8. The van der Waals surface area contributed by atoms with Gasteiger partial charge < -0.3 is 19.4 Å². The molecular formula is C20H24BCl2NO7. The highest BCUT2D eigenvalue weighted by Crippen LogP contribution is 2.28. The van der Waals surface area contributed by atoms with Crippen molar-refractivity contribution in [2.24, 2.45) is 5.92 Å². The van der Waals surface area contributed by atoms with Crippen molar-refractivity contribution in [2.45, 2.75) is 45.5 Å². The third-order valence-electron chi connectivity index (χ3n) is 4.53. The van der Waals surface area contributed by atoms with Crippen LogP contribution in [0, 0.1) is 5.92 Å². The fourth-order valence-electron chi connectivity index (χ4n) is 3.06. The Morgan fingerprint density at radius 1 is 1.23 bits per heavy atom. The van der Waals surface area contributed by atoms with Crippen molar-refractivity contribution >= 4 is 53.9 Å². The van der Waals surface area contributed by atoms with Crippen molar-refractivity contribution in [3.63, 3.8) is 0 Å². The van der Waals surface area contributed by atoms with Gasteiger partial charge in [-0.05, 0) is 37.5 Å². The Hall–Kier alpha value is -2.10. The smallest absolute Gasteiger partial charge is 0.497 e. The summed E-state index contributed by atoms with van der Waals surface area (Å²) in [5.74, 6) is -2.67. The molecular weight excluding hydrogens is 448 g/mol. The minimum Gasteiger partial charge on any atom is -0.497 e. The molecule has 1 aliphatic heterocycles. The van der Waals surface area contributed by atoms with Gasteiger partial charge in [0.15, 0.2) is 11.9 Å². The van der Waals surface area contributed by atoms with E-state index in [4.69, 9.17) is 37.2 Å². The summed E-state index contributed by atoms with van der Waals surface area (Å²) in [5.41, 5.74) is 0.151. The van der Waals surface area contributed by atoms with Gasteiger partial charge in [-0.3, -0.25) is 19.2 Å². The molecule has 0 aromatic heterocycles. The van der Waals surface area contributed by atoms with Gasteiger partial charge in [-0.25, -0.2) is 0 Å². The van der Waals surface area contributed by atoms with Crippen LogP contribution in [0.1, 0.15) is 44.0 Å². The molecule has 0 bridgehead atoms. The monoisotopic (exact) mass is 471 g/mol. The lowest BCUT2D eigenvalue weighted by molar-refractivity contribution is -0.160. The van der Waals surface area contributed by atoms with Crippen LogP contribution in [0.15, 0.2) is 18.2 Å². The number of benzene rings is 1. The Bertz CT molecular complexity index is 849. The summed E-state index contributed by atoms with van der Waals surface area (Å²) in [4.78, 5) is 48.9. The zero-order valence-corrected chi connectivity index (χ0v) is 19.0. The van der Waals surface area contributed by atoms with Gasteiger partial charge in [0.2, 0.25) is 0 Å². The molecule has 1 N–H and O–H groups in total. The Labute approximate surface area is 191 Å². The van der Waals surface area contributed by atoms with Crippen LogP contribution in [0.5, 0.6) is 0 Å². The lowest BCUT2D eigenvalue weighted by atomic mass is 9.65. The van der Waals surface area contributed by atoms with Gasteiger partial charge in [-0.1, -0.05) is 37.0 Å². The van der Waals surface area contributed by atoms with Crippen LogP contribution in [-0.4, -0.2) is 50.0 Å². The Balaban J connectivity index is 2.04. The average molecular weight is 472 g/mol. The van der Waals surface area contributed by atoms with Crippen LogP contribution in [0.4, 0.5) is 0 Å². The van der Waals surface area contributed by atoms with Crippen LogP contribution in [0.25, 0.3) is 0 Å². The van der Waals surface area contributed by atoms with E-state index in [2.05, 4.69) is 5.32 Å². The number of carbonyl (C=O) groups is 4. The molecule has 1 aromatic carbocycles. The first kappa shape index (κ1) is 25.2. The van der Waals surface area contributed by atoms with Gasteiger partial charge in [0.1, 0.15) is 6.61 Å². The number of carbonyl (C=O) groups excluding carboxylic acids is 4. The van der Waals surface area contributed by atoms with Crippen LogP contribution in [0.3, 0.4) is 0 Å². The van der Waals surface area contributed by atoms with Gasteiger partial charge in [-0.15, -0.1) is 0 Å². The Morgan fingerprint density at radius 2 is 1.94 bits per heavy atom. The molecule has 1 amide bonds. The van der Waals surface area contributed by atoms with E-state index in [1.165, 1.54) is 19.1 Å². The molecule has 1 aliphatic rings. The van der Waals surface area contributed by atoms with Gasteiger partial charge in [-0.2, -0.15) is 0 Å². The molecule has 31 heavy (non-hydrogen) atoms. The molecule has 0 spiro atoms. The van der Waals surface area contributed by atoms with E-state index >= 15 is 0 Å². The standard InChI is InChI=1S/C20H24BCl2NO7/c1-11(2)6-13(21-30-18(26)10-29-12(3)20(28)31-21)7-15(25)9-24-19(27)16-8-14(22)4-5-17(16)23/h4-5,8,11-13H,6-7,9-10H2,1-3H3,(H,24,27)/t12-,13+/m0/s1. The highest BCUT2D eigenvalue weighted by atomic mass is 35.5. The second kappa shape index (κ2) is 11.5. The fourth-order valence-corrected chi connectivity index (χ4v) is 3.43. The van der Waals surface area contributed by atoms with E-state index in [0.717, 1.165) is 0 Å². The maximum absolute atomic E-state index is 12.6. The molecule has 168 valence electrons. The number of nitrogens with one attached hydrogen (secondary N) is 1. The van der Waals surface area contributed by atoms with Crippen molar-refractivity contribution < 1.29 is 33.2 Å². The first-order valence-electron chi connectivity index (χ1n) is 9.83. The van der Waals surface area contributed by atoms with Gasteiger partial charge in [0.05, 0.1) is 17.1 Å². The summed E-state index contributed by atoms with van der Waals surface area (Å²) < 4.78 is 15.5. The summed E-state index contributed by atoms with van der Waals surface area (Å²) in [5, 5.41) is 3.05. The molecule has 0 radical (unpaired) electrons. The van der Waals surface area contributed by atoms with E-state index in [-0.39, 0.29) is 41.9 Å². The van der Waals surface area contributed by atoms with Gasteiger partial charge >= 0.3 is 19.1 Å². The molecule has 1 saturated heterocycles. The van der Waals surface area contributed by atoms with Crippen molar-refractivity contribution in [1.29, 1.82) is 0 Å². The third kappa shape index (κ3) is 7.83. The highest BCUT2D eigenvalue weighted by Gasteiger charge is 2.41. The molecule has 2 rings (SSSR count). The summed E-state index contributed by atoms with van der Waals surface area (Å²) in [6.45, 7) is 4.67. The van der Waals surface area contributed by atoms with E-state index < -0.39 is 36.9 Å². The number of halogens is 2. The highest BCUT2D eigenvalue weighted by molar-refractivity contribution is 6.51. The van der Waals surface area contributed by atoms with Crippen molar-refractivity contribution in [2.75, 3.05) is 13.2 Å². The summed E-state index contributed by atoms with van der Waals surface area (Å²) in [6, 6.07) is 4.44. The first-order chi connectivity index (χ1) is 14.6. The third-order valence-corrected chi connectivity index (χ3v) is 5.10. The Morgan fingerprint density at radius 3 is 2.61 bits per heavy atom. The van der Waals surface area contributed by atoms with Crippen molar-refractivity contribution in [1.82, 2.24) is 5.32 Å². The van der Waals surface area contributed by atoms with E-state index in [0.29, 0.717) is 11.4 Å². The summed E-state index contributed by atoms with van der Waals surface area (Å²) in [6.07, 6.45) is -0.532. The van der Waals surface area contributed by atoms with Gasteiger partial charge in [0, 0.05) is 17.3 Å². The Kier molecular flexibility index (Phi) is 9.34. The van der Waals surface area contributed by atoms with Crippen molar-refractivity contribution in [3.05, 3.63) is 33.8 Å². The van der Waals surface area contributed by atoms with Gasteiger partial charge in [0.25, 0.3) is 5.91 Å². The molecule has 0 saturated carbocycles. The summed E-state index contributed by atoms with van der Waals surface area (Å²) >= 11 is 11.9. The number of Topliss-reactive ketones (excluding diaryl/α,β-unsaturated/α-hetero) is 1. The normalized spacial score (nSPS) is 18.0. The number of amides is 1. The van der Waals surface area contributed by atoms with E-state index in [1.807, 2.05) is 13.8 Å². The summed E-state index contributed by atoms with van der Waals surface area (Å²) in [7, 11) is -1.21. The maximum atomic E-state index is 12.6. The fraction of sp³-hybridized carbons (Fsp3) is 0.500. The molecule has 2 atom stereocenters. The second-order valence-corrected chi connectivity index (χ2v) is 8.53. The first-order valence-corrected chi connectivity index (χ1v) is 10.6. The number of hydrogen-bond acceptors (Lipinski definition) is 7. The SMILES string of the molecule is CC(C)C[C@H](CC(=O)CNC(=O)c1cc(Cl)ccc1Cl)B1OC(=O)CO[C@@H](C)C(=O)O1. The minimum absolute atomic E-state index is 0.0673. The molecule has 0 aliphatic carbocycles. The second-order valence-electron chi connectivity index (χ2n) is 7.69. The molecule has 1 heterocycles. The number of ketones is 1. The molecule has 1 aromatic rings.